The van der Waals surface area contributed by atoms with Crippen LogP contribution in [0.4, 0.5) is 0 Å². The first-order valence-electron chi connectivity index (χ1n) is 8.20. The predicted molar refractivity (Wildman–Crippen MR) is 87.2 cm³/mol. The van der Waals surface area contributed by atoms with Gasteiger partial charge in [-0.15, -0.1) is 11.3 Å². The molecule has 0 aliphatic carbocycles. The van der Waals surface area contributed by atoms with Gasteiger partial charge in [0.15, 0.2) is 0 Å². The minimum atomic E-state index is -0.387. The first-order chi connectivity index (χ1) is 10.5. The number of aliphatic hydroxyl groups excluding tert-OH is 1. The third kappa shape index (κ3) is 3.34. The lowest BCUT2D eigenvalue weighted by Gasteiger charge is -2.33. The second-order valence-corrected chi connectivity index (χ2v) is 7.63. The van der Waals surface area contributed by atoms with Crippen molar-refractivity contribution in [2.75, 3.05) is 19.6 Å². The minimum absolute atomic E-state index is 0.141. The number of aromatic nitrogens is 1. The lowest BCUT2D eigenvalue weighted by atomic mass is 9.97. The Balaban J connectivity index is 1.64. The average Bonchev–Trinajstić information content (AvgIpc) is 3.15. The largest absolute Gasteiger partial charge is 0.392 e. The first kappa shape index (κ1) is 15.9. The van der Waals surface area contributed by atoms with Crippen molar-refractivity contribution >= 4 is 17.2 Å². The Labute approximate surface area is 135 Å². The number of likely N-dealkylation sites (tertiary alicyclic amines) is 1. The van der Waals surface area contributed by atoms with Crippen LogP contribution in [0.25, 0.3) is 0 Å². The fourth-order valence-corrected chi connectivity index (χ4v) is 4.37. The zero-order chi connectivity index (χ0) is 15.7. The number of nitrogens with one attached hydrogen (secondary N) is 1. The smallest absolute Gasteiger partial charge is 0.239 e. The van der Waals surface area contributed by atoms with Gasteiger partial charge in [0.2, 0.25) is 5.91 Å². The molecule has 2 N–H and O–H groups in total. The maximum absolute atomic E-state index is 12.6. The Hall–Kier alpha value is -0.980. The summed E-state index contributed by atoms with van der Waals surface area (Å²) in [5.74, 6) is 0.957. The molecule has 22 heavy (non-hydrogen) atoms. The molecule has 1 aromatic heterocycles. The van der Waals surface area contributed by atoms with E-state index in [0.29, 0.717) is 24.8 Å². The van der Waals surface area contributed by atoms with E-state index in [0.717, 1.165) is 31.6 Å². The highest BCUT2D eigenvalue weighted by atomic mass is 32.1. The molecule has 3 unspecified atom stereocenters. The summed E-state index contributed by atoms with van der Waals surface area (Å²) >= 11 is 1.73. The van der Waals surface area contributed by atoms with Crippen molar-refractivity contribution in [2.24, 2.45) is 0 Å². The second-order valence-electron chi connectivity index (χ2n) is 6.74. The molecule has 3 atom stereocenters. The third-order valence-electron chi connectivity index (χ3n) is 4.62. The molecule has 0 aromatic carbocycles. The monoisotopic (exact) mass is 323 g/mol. The summed E-state index contributed by atoms with van der Waals surface area (Å²) in [6.07, 6.45) is 2.29. The zero-order valence-corrected chi connectivity index (χ0v) is 14.1. The minimum Gasteiger partial charge on any atom is -0.392 e. The van der Waals surface area contributed by atoms with E-state index in [1.54, 1.807) is 11.3 Å². The standard InChI is InChI=1S/C16H25N3O2S/c1-10(2)14-9-22-15(18-14)11-4-3-5-19(8-11)16(21)13-6-12(20)7-17-13/h9-13,17,20H,3-8H2,1-2H3. The Bertz CT molecular complexity index is 531. The molecule has 0 saturated carbocycles. The van der Waals surface area contributed by atoms with Crippen molar-refractivity contribution < 1.29 is 9.90 Å². The van der Waals surface area contributed by atoms with Crippen LogP contribution in [0.1, 0.15) is 55.6 Å². The fraction of sp³-hybridized carbons (Fsp3) is 0.750. The van der Waals surface area contributed by atoms with Crippen LogP contribution in [0, 0.1) is 0 Å². The highest BCUT2D eigenvalue weighted by Gasteiger charge is 2.34. The fourth-order valence-electron chi connectivity index (χ4n) is 3.26. The number of hydrogen-bond acceptors (Lipinski definition) is 5. The van der Waals surface area contributed by atoms with E-state index in [4.69, 9.17) is 4.98 Å². The highest BCUT2D eigenvalue weighted by molar-refractivity contribution is 7.09. The van der Waals surface area contributed by atoms with Gasteiger partial charge in [-0.1, -0.05) is 13.8 Å². The van der Waals surface area contributed by atoms with Gasteiger partial charge in [-0.3, -0.25) is 4.79 Å². The molecule has 3 heterocycles. The number of carbonyl (C=O) groups is 1. The van der Waals surface area contributed by atoms with Gasteiger partial charge < -0.3 is 15.3 Å². The van der Waals surface area contributed by atoms with Gasteiger partial charge >= 0.3 is 0 Å². The van der Waals surface area contributed by atoms with E-state index in [1.807, 2.05) is 4.90 Å². The van der Waals surface area contributed by atoms with Gasteiger partial charge in [0.25, 0.3) is 0 Å². The average molecular weight is 323 g/mol. The van der Waals surface area contributed by atoms with Gasteiger partial charge in [-0.05, 0) is 25.2 Å². The SMILES string of the molecule is CC(C)c1csc(C2CCCN(C(=O)C3CC(O)CN3)C2)n1. The molecule has 1 aromatic rings. The van der Waals surface area contributed by atoms with Crippen molar-refractivity contribution in [2.45, 2.75) is 57.1 Å². The molecule has 0 radical (unpaired) electrons. The van der Waals surface area contributed by atoms with Crippen molar-refractivity contribution in [1.82, 2.24) is 15.2 Å². The number of aliphatic hydroxyl groups is 1. The summed E-state index contributed by atoms with van der Waals surface area (Å²) < 4.78 is 0. The van der Waals surface area contributed by atoms with Crippen LogP contribution in [-0.4, -0.2) is 52.7 Å². The summed E-state index contributed by atoms with van der Waals surface area (Å²) in [7, 11) is 0. The van der Waals surface area contributed by atoms with Crippen LogP contribution in [0.3, 0.4) is 0 Å². The van der Waals surface area contributed by atoms with Crippen molar-refractivity contribution in [1.29, 1.82) is 0 Å². The van der Waals surface area contributed by atoms with Crippen molar-refractivity contribution in [3.05, 3.63) is 16.1 Å². The topological polar surface area (TPSA) is 65.5 Å². The Kier molecular flexibility index (Phi) is 4.80. The molecule has 3 rings (SSSR count). The summed E-state index contributed by atoms with van der Waals surface area (Å²) in [5.41, 5.74) is 1.16. The summed E-state index contributed by atoms with van der Waals surface area (Å²) in [4.78, 5) is 19.3. The molecule has 1 amide bonds. The van der Waals surface area contributed by atoms with Crippen molar-refractivity contribution in [3.63, 3.8) is 0 Å². The lowest BCUT2D eigenvalue weighted by Crippen LogP contribution is -2.47. The third-order valence-corrected chi connectivity index (χ3v) is 5.64. The van der Waals surface area contributed by atoms with Gasteiger partial charge in [0.05, 0.1) is 22.8 Å². The zero-order valence-electron chi connectivity index (χ0n) is 13.3. The van der Waals surface area contributed by atoms with Gasteiger partial charge in [-0.25, -0.2) is 4.98 Å². The number of carbonyl (C=O) groups excluding carboxylic acids is 1. The Morgan fingerprint density at radius 1 is 1.55 bits per heavy atom. The quantitative estimate of drug-likeness (QED) is 0.888. The molecule has 2 fully saturated rings. The van der Waals surface area contributed by atoms with E-state index in [2.05, 4.69) is 24.5 Å². The number of nitrogens with zero attached hydrogens (tertiary/aromatic N) is 2. The molecule has 0 bridgehead atoms. The normalized spacial score (nSPS) is 29.3. The van der Waals surface area contributed by atoms with Crippen LogP contribution < -0.4 is 5.32 Å². The van der Waals surface area contributed by atoms with Crippen LogP contribution in [-0.2, 0) is 4.79 Å². The highest BCUT2D eigenvalue weighted by Crippen LogP contribution is 2.31. The van der Waals surface area contributed by atoms with E-state index < -0.39 is 0 Å². The van der Waals surface area contributed by atoms with E-state index in [9.17, 15) is 9.90 Å². The summed E-state index contributed by atoms with van der Waals surface area (Å²) in [5, 5.41) is 16.0. The van der Waals surface area contributed by atoms with Crippen LogP contribution in [0.5, 0.6) is 0 Å². The van der Waals surface area contributed by atoms with Gasteiger partial charge in [0.1, 0.15) is 0 Å². The second kappa shape index (κ2) is 6.64. The predicted octanol–water partition coefficient (Wildman–Crippen LogP) is 1.70. The summed E-state index contributed by atoms with van der Waals surface area (Å²) in [6, 6.07) is -0.212. The van der Waals surface area contributed by atoms with Crippen molar-refractivity contribution in [3.8, 4) is 0 Å². The van der Waals surface area contributed by atoms with Crippen LogP contribution in [0.15, 0.2) is 5.38 Å². The van der Waals surface area contributed by atoms with Crippen LogP contribution >= 0.6 is 11.3 Å². The number of β-amino-alcohol motifs (C(OH)–C–C–N with tert-alkyl or cyclic N) is 1. The number of piperidine rings is 1. The van der Waals surface area contributed by atoms with E-state index in [-0.39, 0.29) is 18.1 Å². The molecule has 2 aliphatic heterocycles. The summed E-state index contributed by atoms with van der Waals surface area (Å²) in [6.45, 7) is 6.43. The molecular weight excluding hydrogens is 298 g/mol. The molecule has 6 heteroatoms. The number of thiazole rings is 1. The molecule has 2 aliphatic rings. The number of rotatable bonds is 3. The van der Waals surface area contributed by atoms with Gasteiger partial charge in [0, 0.05) is 30.9 Å². The molecule has 2 saturated heterocycles. The number of hydrogen-bond donors (Lipinski definition) is 2. The van der Waals surface area contributed by atoms with Crippen LogP contribution in [0.2, 0.25) is 0 Å². The Morgan fingerprint density at radius 3 is 3.00 bits per heavy atom. The van der Waals surface area contributed by atoms with E-state index in [1.165, 1.54) is 5.01 Å². The Morgan fingerprint density at radius 2 is 2.36 bits per heavy atom. The number of amides is 1. The molecular formula is C16H25N3O2S. The molecule has 122 valence electrons. The maximum atomic E-state index is 12.6. The first-order valence-corrected chi connectivity index (χ1v) is 9.08. The lowest BCUT2D eigenvalue weighted by molar-refractivity contribution is -0.134. The molecule has 0 spiro atoms. The molecule has 5 nitrogen and oxygen atoms in total. The van der Waals surface area contributed by atoms with E-state index >= 15 is 0 Å². The van der Waals surface area contributed by atoms with Gasteiger partial charge in [-0.2, -0.15) is 0 Å². The maximum Gasteiger partial charge on any atom is 0.239 e.